The first-order valence-corrected chi connectivity index (χ1v) is 8.08. The summed E-state index contributed by atoms with van der Waals surface area (Å²) in [6.45, 7) is 8.21. The lowest BCUT2D eigenvalue weighted by molar-refractivity contribution is 0.0558. The SMILES string of the molecule is CC(C)C1OCCC1CN=C(N)N1CCSCC1.I. The predicted molar refractivity (Wildman–Crippen MR) is 93.5 cm³/mol. The van der Waals surface area contributed by atoms with Gasteiger partial charge in [-0.3, -0.25) is 4.99 Å². The van der Waals surface area contributed by atoms with Gasteiger partial charge in [0.05, 0.1) is 6.10 Å². The molecule has 0 aromatic carbocycles. The van der Waals surface area contributed by atoms with Crippen molar-refractivity contribution in [2.75, 3.05) is 37.7 Å². The Kier molecular flexibility index (Phi) is 7.83. The Bertz CT molecular complexity index is 296. The van der Waals surface area contributed by atoms with Gasteiger partial charge in [-0.2, -0.15) is 11.8 Å². The maximum Gasteiger partial charge on any atom is 0.191 e. The molecule has 0 bridgehead atoms. The zero-order chi connectivity index (χ0) is 13.0. The Morgan fingerprint density at radius 2 is 2.11 bits per heavy atom. The topological polar surface area (TPSA) is 50.9 Å². The zero-order valence-corrected chi connectivity index (χ0v) is 15.0. The Morgan fingerprint density at radius 1 is 1.42 bits per heavy atom. The van der Waals surface area contributed by atoms with Crippen LogP contribution < -0.4 is 5.73 Å². The molecule has 2 rings (SSSR count). The number of hydrogen-bond donors (Lipinski definition) is 1. The van der Waals surface area contributed by atoms with Gasteiger partial charge < -0.3 is 15.4 Å². The van der Waals surface area contributed by atoms with Crippen molar-refractivity contribution in [3.8, 4) is 0 Å². The van der Waals surface area contributed by atoms with Crippen LogP contribution in [0.5, 0.6) is 0 Å². The molecule has 2 saturated heterocycles. The Balaban J connectivity index is 0.00000180. The quantitative estimate of drug-likeness (QED) is 0.448. The van der Waals surface area contributed by atoms with Gasteiger partial charge in [-0.25, -0.2) is 0 Å². The Hall–Kier alpha value is 0.310. The second kappa shape index (κ2) is 8.56. The summed E-state index contributed by atoms with van der Waals surface area (Å²) in [4.78, 5) is 6.80. The molecule has 2 fully saturated rings. The fourth-order valence-corrected chi connectivity index (χ4v) is 3.59. The molecule has 0 amide bonds. The van der Waals surface area contributed by atoms with Crippen LogP contribution in [0.1, 0.15) is 20.3 Å². The number of rotatable bonds is 3. The van der Waals surface area contributed by atoms with E-state index < -0.39 is 0 Å². The molecule has 2 N–H and O–H groups in total. The first-order chi connectivity index (χ1) is 8.68. The maximum absolute atomic E-state index is 6.07. The summed E-state index contributed by atoms with van der Waals surface area (Å²) in [6.07, 6.45) is 1.48. The van der Waals surface area contributed by atoms with Crippen LogP contribution >= 0.6 is 35.7 Å². The van der Waals surface area contributed by atoms with Crippen LogP contribution in [0, 0.1) is 11.8 Å². The number of aliphatic imine (C=N–C) groups is 1. The summed E-state index contributed by atoms with van der Waals surface area (Å²) < 4.78 is 5.78. The van der Waals surface area contributed by atoms with Crippen LogP contribution in [0.4, 0.5) is 0 Å². The summed E-state index contributed by atoms with van der Waals surface area (Å²) in [5.74, 6) is 4.17. The van der Waals surface area contributed by atoms with Crippen molar-refractivity contribution >= 4 is 41.7 Å². The van der Waals surface area contributed by atoms with Gasteiger partial charge in [-0.1, -0.05) is 13.8 Å². The van der Waals surface area contributed by atoms with E-state index in [-0.39, 0.29) is 24.0 Å². The van der Waals surface area contributed by atoms with Crippen molar-refractivity contribution in [3.05, 3.63) is 0 Å². The molecule has 2 unspecified atom stereocenters. The smallest absolute Gasteiger partial charge is 0.191 e. The number of halogens is 1. The minimum Gasteiger partial charge on any atom is -0.378 e. The Morgan fingerprint density at radius 3 is 2.74 bits per heavy atom. The molecule has 0 spiro atoms. The lowest BCUT2D eigenvalue weighted by Gasteiger charge is -2.28. The normalized spacial score (nSPS) is 28.6. The fraction of sp³-hybridized carbons (Fsp3) is 0.923. The largest absolute Gasteiger partial charge is 0.378 e. The monoisotopic (exact) mass is 399 g/mol. The lowest BCUT2D eigenvalue weighted by Crippen LogP contribution is -2.43. The second-order valence-electron chi connectivity index (χ2n) is 5.43. The third kappa shape index (κ3) is 4.97. The zero-order valence-electron chi connectivity index (χ0n) is 11.9. The molecule has 2 aliphatic rings. The van der Waals surface area contributed by atoms with Gasteiger partial charge in [-0.05, 0) is 12.3 Å². The molecule has 4 nitrogen and oxygen atoms in total. The number of nitrogens with zero attached hydrogens (tertiary/aromatic N) is 2. The third-order valence-corrected chi connectivity index (χ3v) is 4.69. The first kappa shape index (κ1) is 17.4. The van der Waals surface area contributed by atoms with Crippen LogP contribution in [-0.4, -0.2) is 54.7 Å². The molecule has 0 saturated carbocycles. The highest BCUT2D eigenvalue weighted by Gasteiger charge is 2.30. The van der Waals surface area contributed by atoms with Crippen molar-refractivity contribution in [2.45, 2.75) is 26.4 Å². The predicted octanol–water partition coefficient (Wildman–Crippen LogP) is 2.03. The van der Waals surface area contributed by atoms with Gasteiger partial charge in [0, 0.05) is 43.7 Å². The van der Waals surface area contributed by atoms with Crippen molar-refractivity contribution < 1.29 is 4.74 Å². The van der Waals surface area contributed by atoms with Gasteiger partial charge in [0.15, 0.2) is 5.96 Å². The lowest BCUT2D eigenvalue weighted by atomic mass is 9.93. The van der Waals surface area contributed by atoms with E-state index in [4.69, 9.17) is 10.5 Å². The van der Waals surface area contributed by atoms with E-state index in [9.17, 15) is 0 Å². The van der Waals surface area contributed by atoms with E-state index in [0.29, 0.717) is 17.9 Å². The van der Waals surface area contributed by atoms with Gasteiger partial charge >= 0.3 is 0 Å². The van der Waals surface area contributed by atoms with Crippen LogP contribution in [0.15, 0.2) is 4.99 Å². The highest BCUT2D eigenvalue weighted by atomic mass is 127. The summed E-state index contributed by atoms with van der Waals surface area (Å²) in [5, 5.41) is 0. The molecular formula is C13H26IN3OS. The van der Waals surface area contributed by atoms with Crippen molar-refractivity contribution in [1.29, 1.82) is 0 Å². The molecule has 0 aromatic heterocycles. The van der Waals surface area contributed by atoms with E-state index in [1.54, 1.807) is 0 Å². The average Bonchev–Trinajstić information content (AvgIpc) is 2.85. The first-order valence-electron chi connectivity index (χ1n) is 6.92. The summed E-state index contributed by atoms with van der Waals surface area (Å²) >= 11 is 1.99. The number of guanidine groups is 1. The molecule has 0 radical (unpaired) electrons. The number of hydrogen-bond acceptors (Lipinski definition) is 3. The summed E-state index contributed by atoms with van der Waals surface area (Å²) in [5.41, 5.74) is 6.07. The number of nitrogens with two attached hydrogens (primary N) is 1. The van der Waals surface area contributed by atoms with E-state index in [1.165, 1.54) is 0 Å². The van der Waals surface area contributed by atoms with Gasteiger partial charge in [-0.15, -0.1) is 24.0 Å². The van der Waals surface area contributed by atoms with E-state index in [1.807, 2.05) is 11.8 Å². The van der Waals surface area contributed by atoms with Crippen molar-refractivity contribution in [3.63, 3.8) is 0 Å². The van der Waals surface area contributed by atoms with Gasteiger partial charge in [0.25, 0.3) is 0 Å². The molecule has 6 heteroatoms. The van der Waals surface area contributed by atoms with Crippen LogP contribution in [0.2, 0.25) is 0 Å². The second-order valence-corrected chi connectivity index (χ2v) is 6.65. The van der Waals surface area contributed by atoms with E-state index >= 15 is 0 Å². The fourth-order valence-electron chi connectivity index (χ4n) is 2.69. The Labute approximate surface area is 137 Å². The average molecular weight is 399 g/mol. The molecule has 2 aliphatic heterocycles. The van der Waals surface area contributed by atoms with Crippen LogP contribution in [-0.2, 0) is 4.74 Å². The number of ether oxygens (including phenoxy) is 1. The summed E-state index contributed by atoms with van der Waals surface area (Å²) in [7, 11) is 0. The highest BCUT2D eigenvalue weighted by molar-refractivity contribution is 14.0. The van der Waals surface area contributed by atoms with Crippen LogP contribution in [0.25, 0.3) is 0 Å². The van der Waals surface area contributed by atoms with Crippen LogP contribution in [0.3, 0.4) is 0 Å². The minimum absolute atomic E-state index is 0. The molecule has 2 atom stereocenters. The molecule has 0 aromatic rings. The standard InChI is InChI=1S/C13H25N3OS.HI/c1-10(2)12-11(3-6-17-12)9-15-13(14)16-4-7-18-8-5-16;/h10-12H,3-9H2,1-2H3,(H2,14,15);1H. The van der Waals surface area contributed by atoms with Gasteiger partial charge in [0.2, 0.25) is 0 Å². The van der Waals surface area contributed by atoms with E-state index in [2.05, 4.69) is 23.7 Å². The van der Waals surface area contributed by atoms with E-state index in [0.717, 1.165) is 50.1 Å². The molecule has 2 heterocycles. The molecular weight excluding hydrogens is 373 g/mol. The van der Waals surface area contributed by atoms with Crippen molar-refractivity contribution in [1.82, 2.24) is 4.90 Å². The minimum atomic E-state index is 0. The molecule has 19 heavy (non-hydrogen) atoms. The molecule has 0 aliphatic carbocycles. The highest BCUT2D eigenvalue weighted by Crippen LogP contribution is 2.26. The number of thioether (sulfide) groups is 1. The third-order valence-electron chi connectivity index (χ3n) is 3.74. The summed E-state index contributed by atoms with van der Waals surface area (Å²) in [6, 6.07) is 0. The van der Waals surface area contributed by atoms with Gasteiger partial charge in [0.1, 0.15) is 0 Å². The molecule has 112 valence electrons. The maximum atomic E-state index is 6.07. The van der Waals surface area contributed by atoms with Crippen molar-refractivity contribution in [2.24, 2.45) is 22.6 Å².